The first-order valence-corrected chi connectivity index (χ1v) is 12.4. The van der Waals surface area contributed by atoms with Crippen molar-refractivity contribution in [1.82, 2.24) is 4.31 Å². The summed E-state index contributed by atoms with van der Waals surface area (Å²) in [7, 11) is 1.29. The number of hydrogen-bond donors (Lipinski definition) is 1. The molecule has 8 heteroatoms. The minimum atomic E-state index is -3.55. The quantitative estimate of drug-likeness (QED) is 0.605. The first-order valence-electron chi connectivity index (χ1n) is 10.9. The number of ether oxygens (including phenoxy) is 2. The lowest BCUT2D eigenvalue weighted by molar-refractivity contribution is -0.116. The maximum atomic E-state index is 13.0. The average molecular weight is 461 g/mol. The Morgan fingerprint density at radius 2 is 1.72 bits per heavy atom. The summed E-state index contributed by atoms with van der Waals surface area (Å²) in [5.41, 5.74) is 1.45. The van der Waals surface area contributed by atoms with E-state index in [4.69, 9.17) is 9.47 Å². The van der Waals surface area contributed by atoms with Crippen molar-refractivity contribution in [2.24, 2.45) is 0 Å². The summed E-state index contributed by atoms with van der Waals surface area (Å²) in [4.78, 5) is 12.7. The zero-order valence-electron chi connectivity index (χ0n) is 19.0. The summed E-state index contributed by atoms with van der Waals surface area (Å²) >= 11 is 0. The molecule has 0 saturated heterocycles. The fourth-order valence-corrected chi connectivity index (χ4v) is 5.48. The first-order chi connectivity index (χ1) is 15.3. The summed E-state index contributed by atoms with van der Waals surface area (Å²) in [5.74, 6) is 1.25. The predicted octanol–water partition coefficient (Wildman–Crippen LogP) is 4.23. The lowest BCUT2D eigenvalue weighted by Crippen LogP contribution is -2.38. The van der Waals surface area contributed by atoms with Gasteiger partial charge >= 0.3 is 0 Å². The highest BCUT2D eigenvalue weighted by molar-refractivity contribution is 7.89. The van der Waals surface area contributed by atoms with Crippen molar-refractivity contribution in [3.63, 3.8) is 0 Å². The highest BCUT2D eigenvalue weighted by Gasteiger charge is 2.28. The Balaban J connectivity index is 1.60. The van der Waals surface area contributed by atoms with Crippen LogP contribution in [0.25, 0.3) is 0 Å². The molecule has 0 aromatic heterocycles. The van der Waals surface area contributed by atoms with Crippen LogP contribution in [0.1, 0.15) is 44.1 Å². The van der Waals surface area contributed by atoms with E-state index >= 15 is 0 Å². The summed E-state index contributed by atoms with van der Waals surface area (Å²) in [6, 6.07) is 11.9. The van der Waals surface area contributed by atoms with Crippen molar-refractivity contribution in [3.05, 3.63) is 48.0 Å². The van der Waals surface area contributed by atoms with Crippen LogP contribution < -0.4 is 14.8 Å². The van der Waals surface area contributed by atoms with Gasteiger partial charge in [0, 0.05) is 25.2 Å². The van der Waals surface area contributed by atoms with E-state index < -0.39 is 10.0 Å². The molecule has 1 aliphatic carbocycles. The Hall–Kier alpha value is -2.58. The summed E-state index contributed by atoms with van der Waals surface area (Å²) in [6.07, 6.45) is 5.86. The van der Waals surface area contributed by atoms with Gasteiger partial charge in [-0.2, -0.15) is 4.31 Å². The van der Waals surface area contributed by atoms with E-state index in [1.165, 1.54) is 10.7 Å². The van der Waals surface area contributed by atoms with Gasteiger partial charge in [0.25, 0.3) is 0 Å². The van der Waals surface area contributed by atoms with Gasteiger partial charge in [0.15, 0.2) is 0 Å². The molecule has 7 nitrogen and oxygen atoms in total. The number of nitrogens with one attached hydrogen (secondary N) is 1. The van der Waals surface area contributed by atoms with Gasteiger partial charge in [0.05, 0.1) is 19.1 Å². The minimum Gasteiger partial charge on any atom is -0.497 e. The SMILES string of the molecule is COc1ccc(OC)c(CCC(=O)Nc2ccc(S(=O)(=O)N(C)C3CCCCC3)cc2)c1. The van der Waals surface area contributed by atoms with Crippen LogP contribution in [0.3, 0.4) is 0 Å². The van der Waals surface area contributed by atoms with Gasteiger partial charge in [-0.05, 0) is 67.3 Å². The standard InChI is InChI=1S/C24H32N2O5S/c1-26(20-7-5-4-6-8-20)32(28,29)22-13-10-19(11-14-22)25-24(27)16-9-18-17-21(30-2)12-15-23(18)31-3/h10-15,17,20H,4-9,16H2,1-3H3,(H,25,27). The molecular formula is C24H32N2O5S. The number of anilines is 1. The number of nitrogens with zero attached hydrogens (tertiary/aromatic N) is 1. The van der Waals surface area contributed by atoms with E-state index in [9.17, 15) is 13.2 Å². The topological polar surface area (TPSA) is 84.9 Å². The monoisotopic (exact) mass is 460 g/mol. The van der Waals surface area contributed by atoms with Crippen LogP contribution in [-0.4, -0.2) is 45.9 Å². The van der Waals surface area contributed by atoms with Crippen LogP contribution >= 0.6 is 0 Å². The van der Waals surface area contributed by atoms with Gasteiger partial charge in [0.1, 0.15) is 11.5 Å². The van der Waals surface area contributed by atoms with Gasteiger partial charge in [-0.15, -0.1) is 0 Å². The van der Waals surface area contributed by atoms with Gasteiger partial charge in [-0.25, -0.2) is 8.42 Å². The van der Waals surface area contributed by atoms with Gasteiger partial charge in [-0.1, -0.05) is 19.3 Å². The number of carbonyl (C=O) groups is 1. The maximum Gasteiger partial charge on any atom is 0.243 e. The summed E-state index contributed by atoms with van der Waals surface area (Å²) in [6.45, 7) is 0. The molecule has 0 heterocycles. The average Bonchev–Trinajstić information content (AvgIpc) is 2.82. The van der Waals surface area contributed by atoms with Crippen molar-refractivity contribution in [3.8, 4) is 11.5 Å². The van der Waals surface area contributed by atoms with Crippen molar-refractivity contribution in [2.75, 3.05) is 26.6 Å². The highest BCUT2D eigenvalue weighted by Crippen LogP contribution is 2.27. The molecule has 3 rings (SSSR count). The van der Waals surface area contributed by atoms with E-state index in [2.05, 4.69) is 5.32 Å². The molecule has 1 saturated carbocycles. The number of hydrogen-bond acceptors (Lipinski definition) is 5. The molecule has 1 N–H and O–H groups in total. The van der Waals surface area contributed by atoms with Crippen LogP contribution in [0.2, 0.25) is 0 Å². The van der Waals surface area contributed by atoms with E-state index in [0.29, 0.717) is 23.6 Å². The predicted molar refractivity (Wildman–Crippen MR) is 125 cm³/mol. The number of aryl methyl sites for hydroxylation is 1. The minimum absolute atomic E-state index is 0.0572. The molecule has 2 aromatic rings. The van der Waals surface area contributed by atoms with E-state index in [0.717, 1.165) is 31.2 Å². The molecule has 2 aromatic carbocycles. The van der Waals surface area contributed by atoms with Crippen LogP contribution in [-0.2, 0) is 21.2 Å². The second kappa shape index (κ2) is 10.8. The van der Waals surface area contributed by atoms with Gasteiger partial charge in [0.2, 0.25) is 15.9 Å². The summed E-state index contributed by atoms with van der Waals surface area (Å²) in [5, 5.41) is 2.83. The smallest absolute Gasteiger partial charge is 0.243 e. The molecule has 1 amide bonds. The lowest BCUT2D eigenvalue weighted by atomic mass is 9.96. The third-order valence-electron chi connectivity index (χ3n) is 6.01. The third kappa shape index (κ3) is 5.81. The van der Waals surface area contributed by atoms with Crippen molar-refractivity contribution < 1.29 is 22.7 Å². The highest BCUT2D eigenvalue weighted by atomic mass is 32.2. The Kier molecular flexibility index (Phi) is 8.15. The molecule has 0 aliphatic heterocycles. The number of benzene rings is 2. The van der Waals surface area contributed by atoms with E-state index in [-0.39, 0.29) is 23.3 Å². The van der Waals surface area contributed by atoms with Crippen LogP contribution in [0.4, 0.5) is 5.69 Å². The first kappa shape index (κ1) is 24.1. The largest absolute Gasteiger partial charge is 0.497 e. The second-order valence-electron chi connectivity index (χ2n) is 8.06. The molecular weight excluding hydrogens is 428 g/mol. The number of amides is 1. The van der Waals surface area contributed by atoms with Crippen molar-refractivity contribution in [1.29, 1.82) is 0 Å². The number of carbonyl (C=O) groups excluding carboxylic acids is 1. The van der Waals surface area contributed by atoms with Gasteiger partial charge in [-0.3, -0.25) is 4.79 Å². The molecule has 1 fully saturated rings. The van der Waals surface area contributed by atoms with Crippen LogP contribution in [0.15, 0.2) is 47.4 Å². The Morgan fingerprint density at radius 1 is 1.03 bits per heavy atom. The van der Waals surface area contributed by atoms with Crippen molar-refractivity contribution >= 4 is 21.6 Å². The lowest BCUT2D eigenvalue weighted by Gasteiger charge is -2.30. The Morgan fingerprint density at radius 3 is 2.34 bits per heavy atom. The van der Waals surface area contributed by atoms with Crippen LogP contribution in [0.5, 0.6) is 11.5 Å². The molecule has 0 bridgehead atoms. The number of sulfonamides is 1. The Bertz CT molecular complexity index is 1020. The zero-order valence-corrected chi connectivity index (χ0v) is 19.8. The number of rotatable bonds is 9. The molecule has 0 atom stereocenters. The second-order valence-corrected chi connectivity index (χ2v) is 10.1. The van der Waals surface area contributed by atoms with Crippen molar-refractivity contribution in [2.45, 2.75) is 55.9 Å². The Labute approximate surface area is 190 Å². The molecule has 32 heavy (non-hydrogen) atoms. The molecule has 0 radical (unpaired) electrons. The molecule has 0 unspecified atom stereocenters. The van der Waals surface area contributed by atoms with E-state index in [1.54, 1.807) is 45.5 Å². The van der Waals surface area contributed by atoms with Gasteiger partial charge < -0.3 is 14.8 Å². The zero-order chi connectivity index (χ0) is 23.1. The number of methoxy groups -OCH3 is 2. The molecule has 0 spiro atoms. The fourth-order valence-electron chi connectivity index (χ4n) is 4.07. The van der Waals surface area contributed by atoms with Crippen LogP contribution in [0, 0.1) is 0 Å². The normalized spacial score (nSPS) is 14.9. The molecule has 174 valence electrons. The third-order valence-corrected chi connectivity index (χ3v) is 7.94. The van der Waals surface area contributed by atoms with E-state index in [1.807, 2.05) is 18.2 Å². The maximum absolute atomic E-state index is 13.0. The summed E-state index contributed by atoms with van der Waals surface area (Å²) < 4.78 is 38.0. The molecule has 1 aliphatic rings. The fraction of sp³-hybridized carbons (Fsp3) is 0.458.